The molecule has 0 radical (unpaired) electrons. The van der Waals surface area contributed by atoms with Gasteiger partial charge in [-0.15, -0.1) is 0 Å². The summed E-state index contributed by atoms with van der Waals surface area (Å²) in [7, 11) is 0. The van der Waals surface area contributed by atoms with Gasteiger partial charge in [0.2, 0.25) is 0 Å². The molecule has 1 aliphatic carbocycles. The van der Waals surface area contributed by atoms with E-state index >= 15 is 0 Å². The third-order valence-electron chi connectivity index (χ3n) is 2.85. The van der Waals surface area contributed by atoms with E-state index in [1.54, 1.807) is 0 Å². The van der Waals surface area contributed by atoms with Crippen molar-refractivity contribution in [3.05, 3.63) is 52.6 Å². The molecule has 0 saturated carbocycles. The second-order valence-electron chi connectivity index (χ2n) is 4.02. The molecule has 0 amide bonds. The lowest BCUT2D eigenvalue weighted by molar-refractivity contribution is -0.111. The minimum atomic E-state index is -2.37. The highest BCUT2D eigenvalue weighted by Crippen LogP contribution is 2.42. The first-order valence-electron chi connectivity index (χ1n) is 5.17. The van der Waals surface area contributed by atoms with Crippen molar-refractivity contribution in [1.82, 2.24) is 0 Å². The number of hydrogen-bond acceptors (Lipinski definition) is 3. The Morgan fingerprint density at radius 1 is 1.22 bits per heavy atom. The van der Waals surface area contributed by atoms with Crippen LogP contribution in [-0.2, 0) is 9.53 Å². The van der Waals surface area contributed by atoms with Crippen LogP contribution in [0.2, 0.25) is 5.02 Å². The van der Waals surface area contributed by atoms with Crippen LogP contribution in [0, 0.1) is 0 Å². The zero-order chi connectivity index (χ0) is 12.9. The number of ether oxygens (including phenoxy) is 1. The number of halogens is 2. The predicted molar refractivity (Wildman–Crippen MR) is 62.8 cm³/mol. The molecule has 3 nitrogen and oxygen atoms in total. The van der Waals surface area contributed by atoms with Gasteiger partial charge in [0.15, 0.2) is 5.78 Å². The van der Waals surface area contributed by atoms with Crippen molar-refractivity contribution < 1.29 is 18.7 Å². The van der Waals surface area contributed by atoms with Crippen LogP contribution in [0.1, 0.15) is 15.9 Å². The van der Waals surface area contributed by atoms with Gasteiger partial charge < -0.3 is 4.74 Å². The third-order valence-corrected chi connectivity index (χ3v) is 3.08. The molecule has 1 aliphatic heterocycles. The Hall–Kier alpha value is -1.94. The molecule has 2 aliphatic rings. The summed E-state index contributed by atoms with van der Waals surface area (Å²) in [4.78, 5) is 23.0. The van der Waals surface area contributed by atoms with Crippen LogP contribution in [-0.4, -0.2) is 17.6 Å². The van der Waals surface area contributed by atoms with E-state index in [0.29, 0.717) is 10.6 Å². The molecular weight excluding hydrogens is 259 g/mol. The van der Waals surface area contributed by atoms with Crippen LogP contribution in [0.5, 0.6) is 0 Å². The third kappa shape index (κ3) is 1.49. The molecular formula is C13H6ClFO3. The van der Waals surface area contributed by atoms with Crippen molar-refractivity contribution in [2.75, 3.05) is 0 Å². The maximum atomic E-state index is 14.4. The number of alkyl halides is 1. The van der Waals surface area contributed by atoms with Crippen LogP contribution >= 0.6 is 11.6 Å². The second-order valence-corrected chi connectivity index (χ2v) is 4.45. The summed E-state index contributed by atoms with van der Waals surface area (Å²) in [5.74, 6) is -3.52. The average molecular weight is 265 g/mol. The van der Waals surface area contributed by atoms with Gasteiger partial charge in [0.25, 0.3) is 5.85 Å². The normalized spacial score (nSPS) is 25.1. The topological polar surface area (TPSA) is 43.4 Å². The van der Waals surface area contributed by atoms with Crippen molar-refractivity contribution in [2.24, 2.45) is 0 Å². The number of carbonyl (C=O) groups is 2. The summed E-state index contributed by atoms with van der Waals surface area (Å²) in [6.45, 7) is 0. The Morgan fingerprint density at radius 3 is 2.78 bits per heavy atom. The van der Waals surface area contributed by atoms with Crippen LogP contribution in [0.4, 0.5) is 4.39 Å². The molecule has 1 aromatic rings. The van der Waals surface area contributed by atoms with Gasteiger partial charge >= 0.3 is 5.97 Å². The van der Waals surface area contributed by atoms with Crippen LogP contribution < -0.4 is 0 Å². The lowest BCUT2D eigenvalue weighted by atomic mass is 9.88. The number of allylic oxidation sites excluding steroid dienone is 2. The maximum absolute atomic E-state index is 14.4. The van der Waals surface area contributed by atoms with Gasteiger partial charge in [-0.05, 0) is 29.8 Å². The molecule has 0 saturated heterocycles. The fraction of sp³-hybridized carbons (Fsp3) is 0.0769. The summed E-state index contributed by atoms with van der Waals surface area (Å²) in [6.07, 6.45) is 3.11. The minimum Gasteiger partial charge on any atom is -0.417 e. The Bertz CT molecular complexity index is 648. The lowest BCUT2D eigenvalue weighted by Gasteiger charge is -2.32. The van der Waals surface area contributed by atoms with Gasteiger partial charge in [-0.3, -0.25) is 4.79 Å². The van der Waals surface area contributed by atoms with E-state index < -0.39 is 11.8 Å². The van der Waals surface area contributed by atoms with Crippen molar-refractivity contribution in [3.63, 3.8) is 0 Å². The van der Waals surface area contributed by atoms with Gasteiger partial charge in [0, 0.05) is 16.7 Å². The molecule has 0 N–H and O–H groups in total. The van der Waals surface area contributed by atoms with Crippen molar-refractivity contribution >= 4 is 28.9 Å². The molecule has 3 rings (SSSR count). The van der Waals surface area contributed by atoms with E-state index in [-0.39, 0.29) is 16.9 Å². The number of esters is 1. The van der Waals surface area contributed by atoms with E-state index in [9.17, 15) is 14.0 Å². The molecule has 0 aromatic heterocycles. The monoisotopic (exact) mass is 264 g/mol. The van der Waals surface area contributed by atoms with Crippen LogP contribution in [0.15, 0.2) is 36.4 Å². The summed E-state index contributed by atoms with van der Waals surface area (Å²) in [6, 6.07) is 4.43. The molecule has 0 bridgehead atoms. The summed E-state index contributed by atoms with van der Waals surface area (Å²) < 4.78 is 19.2. The Labute approximate surface area is 107 Å². The van der Waals surface area contributed by atoms with E-state index in [2.05, 4.69) is 0 Å². The van der Waals surface area contributed by atoms with Crippen LogP contribution in [0.25, 0.3) is 5.57 Å². The first-order chi connectivity index (χ1) is 8.49. The van der Waals surface area contributed by atoms with Gasteiger partial charge in [-0.2, -0.15) is 4.39 Å². The highest BCUT2D eigenvalue weighted by Gasteiger charge is 2.45. The molecule has 1 aromatic carbocycles. The van der Waals surface area contributed by atoms with Crippen molar-refractivity contribution in [3.8, 4) is 0 Å². The number of hydrogen-bond donors (Lipinski definition) is 0. The average Bonchev–Trinajstić information content (AvgIpc) is 2.32. The molecule has 0 spiro atoms. The van der Waals surface area contributed by atoms with E-state index in [1.807, 2.05) is 0 Å². The zero-order valence-electron chi connectivity index (χ0n) is 8.94. The Balaban J connectivity index is 2.28. The smallest absolute Gasteiger partial charge is 0.342 e. The van der Waals surface area contributed by atoms with E-state index in [1.165, 1.54) is 18.2 Å². The number of ketones is 1. The van der Waals surface area contributed by atoms with Gasteiger partial charge in [0.1, 0.15) is 0 Å². The first-order valence-corrected chi connectivity index (χ1v) is 5.55. The fourth-order valence-corrected chi connectivity index (χ4v) is 2.20. The molecule has 5 heteroatoms. The zero-order valence-corrected chi connectivity index (χ0v) is 9.70. The summed E-state index contributed by atoms with van der Waals surface area (Å²) in [5.41, 5.74) is 0.516. The predicted octanol–water partition coefficient (Wildman–Crippen LogP) is 2.70. The number of carbonyl (C=O) groups excluding carboxylic acids is 2. The summed E-state index contributed by atoms with van der Waals surface area (Å²) in [5, 5.41) is 0.343. The molecule has 1 unspecified atom stereocenters. The molecule has 1 atom stereocenters. The van der Waals surface area contributed by atoms with E-state index in [0.717, 1.165) is 18.2 Å². The highest BCUT2D eigenvalue weighted by molar-refractivity contribution is 6.31. The van der Waals surface area contributed by atoms with Gasteiger partial charge in [-0.25, -0.2) is 4.79 Å². The van der Waals surface area contributed by atoms with E-state index in [4.69, 9.17) is 16.3 Å². The van der Waals surface area contributed by atoms with Crippen molar-refractivity contribution in [2.45, 2.75) is 5.85 Å². The van der Waals surface area contributed by atoms with Crippen LogP contribution in [0.3, 0.4) is 0 Å². The minimum absolute atomic E-state index is 0.0290. The van der Waals surface area contributed by atoms with Gasteiger partial charge in [0.05, 0.1) is 5.56 Å². The SMILES string of the molecule is O=C1C=CC2(F)OC(=O)c3cc(Cl)ccc3C2=C1. The van der Waals surface area contributed by atoms with Gasteiger partial charge in [-0.1, -0.05) is 17.7 Å². The number of fused-ring (bicyclic) bond motifs is 3. The molecule has 0 fully saturated rings. The lowest BCUT2D eigenvalue weighted by Crippen LogP contribution is -2.36. The molecule has 90 valence electrons. The number of benzene rings is 1. The quantitative estimate of drug-likeness (QED) is 0.677. The molecule has 18 heavy (non-hydrogen) atoms. The largest absolute Gasteiger partial charge is 0.417 e. The standard InChI is InChI=1S/C13H6ClFO3/c14-7-1-2-9-10(5-7)12(17)18-13(15)4-3-8(16)6-11(9)13/h1-6H. The number of rotatable bonds is 0. The summed E-state index contributed by atoms with van der Waals surface area (Å²) >= 11 is 5.78. The fourth-order valence-electron chi connectivity index (χ4n) is 2.03. The Kier molecular flexibility index (Phi) is 2.19. The first kappa shape index (κ1) is 11.2. The molecule has 1 heterocycles. The Morgan fingerprint density at radius 2 is 2.00 bits per heavy atom. The second kappa shape index (κ2) is 3.53. The van der Waals surface area contributed by atoms with Crippen molar-refractivity contribution in [1.29, 1.82) is 0 Å². The maximum Gasteiger partial charge on any atom is 0.342 e. The highest BCUT2D eigenvalue weighted by atomic mass is 35.5.